The number of halogens is 3. The molecule has 7 heteroatoms. The lowest BCUT2D eigenvalue weighted by Gasteiger charge is -2.29. The summed E-state index contributed by atoms with van der Waals surface area (Å²) >= 11 is 0. The van der Waals surface area contributed by atoms with Crippen molar-refractivity contribution >= 4 is 11.7 Å². The van der Waals surface area contributed by atoms with E-state index in [0.717, 1.165) is 12.1 Å². The summed E-state index contributed by atoms with van der Waals surface area (Å²) in [7, 11) is 0. The van der Waals surface area contributed by atoms with Crippen molar-refractivity contribution in [3.05, 3.63) is 35.6 Å². The number of hydrogen-bond acceptors (Lipinski definition) is 4. The van der Waals surface area contributed by atoms with Crippen LogP contribution in [0.15, 0.2) is 29.4 Å². The molecule has 0 aromatic heterocycles. The van der Waals surface area contributed by atoms with Crippen LogP contribution in [-0.4, -0.2) is 24.2 Å². The van der Waals surface area contributed by atoms with Gasteiger partial charge in [0.1, 0.15) is 11.2 Å². The van der Waals surface area contributed by atoms with E-state index >= 15 is 0 Å². The van der Waals surface area contributed by atoms with Crippen molar-refractivity contribution in [2.75, 3.05) is 6.61 Å². The molecule has 1 aliphatic heterocycles. The first kappa shape index (κ1) is 14.9. The molecule has 0 N–H and O–H groups in total. The van der Waals surface area contributed by atoms with Crippen LogP contribution >= 0.6 is 0 Å². The number of ether oxygens (including phenoxy) is 1. The molecule has 2 unspecified atom stereocenters. The monoisotopic (exact) mass is 313 g/mol. The molecule has 1 heterocycles. The molecule has 2 atom stereocenters. The van der Waals surface area contributed by atoms with Gasteiger partial charge in [-0.3, -0.25) is 0 Å². The second-order valence-electron chi connectivity index (χ2n) is 5.58. The Kier molecular flexibility index (Phi) is 3.02. The number of oxime groups is 1. The fourth-order valence-electron chi connectivity index (χ4n) is 3.06. The van der Waals surface area contributed by atoms with Crippen LogP contribution in [0, 0.1) is 11.2 Å². The number of nitrogens with zero attached hydrogens (tertiary/aromatic N) is 1. The van der Waals surface area contributed by atoms with E-state index in [-0.39, 0.29) is 6.61 Å². The third kappa shape index (κ3) is 1.71. The minimum atomic E-state index is -3.14. The second-order valence-corrected chi connectivity index (χ2v) is 5.58. The Hall–Kier alpha value is -2.05. The van der Waals surface area contributed by atoms with Crippen LogP contribution in [0.5, 0.6) is 0 Å². The third-order valence-corrected chi connectivity index (χ3v) is 4.39. The Morgan fingerprint density at radius 2 is 1.95 bits per heavy atom. The van der Waals surface area contributed by atoms with E-state index in [9.17, 15) is 18.0 Å². The van der Waals surface area contributed by atoms with Gasteiger partial charge in [0.2, 0.25) is 0 Å². The number of hydrogen-bond donors (Lipinski definition) is 0. The molecule has 22 heavy (non-hydrogen) atoms. The van der Waals surface area contributed by atoms with Crippen LogP contribution in [0.2, 0.25) is 0 Å². The van der Waals surface area contributed by atoms with Crippen LogP contribution in [0.1, 0.15) is 25.8 Å². The van der Waals surface area contributed by atoms with Crippen LogP contribution in [-0.2, 0) is 20.0 Å². The highest BCUT2D eigenvalue weighted by Crippen LogP contribution is 2.72. The molecular formula is C15H14F3NO3. The first-order valence-corrected chi connectivity index (χ1v) is 6.86. The Morgan fingerprint density at radius 3 is 2.45 bits per heavy atom. The third-order valence-electron chi connectivity index (χ3n) is 4.39. The van der Waals surface area contributed by atoms with Gasteiger partial charge in [0.15, 0.2) is 11.3 Å². The number of carbonyl (C=O) groups excluding carboxylic acids is 1. The number of alkyl halides is 2. The highest BCUT2D eigenvalue weighted by Gasteiger charge is 2.86. The zero-order valence-corrected chi connectivity index (χ0v) is 12.0. The van der Waals surface area contributed by atoms with Crippen LogP contribution in [0.3, 0.4) is 0 Å². The molecule has 118 valence electrons. The number of benzene rings is 1. The maximum absolute atomic E-state index is 14.2. The summed E-state index contributed by atoms with van der Waals surface area (Å²) in [5, 5.41) is 3.59. The summed E-state index contributed by atoms with van der Waals surface area (Å²) in [5.41, 5.74) is -3.50. The molecular weight excluding hydrogens is 299 g/mol. The number of carbonyl (C=O) groups is 1. The van der Waals surface area contributed by atoms with E-state index < -0.39 is 40.9 Å². The predicted octanol–water partition coefficient (Wildman–Crippen LogP) is 3.02. The second kappa shape index (κ2) is 4.47. The van der Waals surface area contributed by atoms with Gasteiger partial charge >= 0.3 is 5.97 Å². The maximum atomic E-state index is 14.2. The molecule has 2 aliphatic rings. The normalized spacial score (nSPS) is 31.6. The van der Waals surface area contributed by atoms with Crippen molar-refractivity contribution < 1.29 is 27.5 Å². The van der Waals surface area contributed by atoms with Crippen LogP contribution in [0.25, 0.3) is 0 Å². The van der Waals surface area contributed by atoms with Crippen molar-refractivity contribution in [2.45, 2.75) is 31.8 Å². The van der Waals surface area contributed by atoms with E-state index in [4.69, 9.17) is 9.57 Å². The zero-order chi connectivity index (χ0) is 16.2. The summed E-state index contributed by atoms with van der Waals surface area (Å²) < 4.78 is 46.2. The van der Waals surface area contributed by atoms with E-state index in [1.54, 1.807) is 6.92 Å². The summed E-state index contributed by atoms with van der Waals surface area (Å²) in [6.07, 6.45) is -0.564. The first-order chi connectivity index (χ1) is 10.3. The molecule has 1 saturated carbocycles. The SMILES string of the molecule is CCOC(=O)C1=NOC(C)(c2ccc(F)cc2)C12CC2(F)F. The van der Waals surface area contributed by atoms with Crippen molar-refractivity contribution in [2.24, 2.45) is 10.6 Å². The predicted molar refractivity (Wildman–Crippen MR) is 70.9 cm³/mol. The van der Waals surface area contributed by atoms with E-state index in [0.29, 0.717) is 5.56 Å². The lowest BCUT2D eigenvalue weighted by molar-refractivity contribution is -0.136. The molecule has 0 amide bonds. The topological polar surface area (TPSA) is 47.9 Å². The van der Waals surface area contributed by atoms with E-state index in [1.807, 2.05) is 0 Å². The van der Waals surface area contributed by atoms with Gasteiger partial charge in [-0.05, 0) is 31.5 Å². The van der Waals surface area contributed by atoms with Gasteiger partial charge in [0.25, 0.3) is 5.92 Å². The molecule has 3 rings (SSSR count). The van der Waals surface area contributed by atoms with E-state index in [1.165, 1.54) is 19.1 Å². The molecule has 4 nitrogen and oxygen atoms in total. The molecule has 1 aliphatic carbocycles. The standard InChI is InChI=1S/C15H14F3NO3/c1-3-21-12(20)11-14(8-15(14,17)18)13(2,22-19-11)9-4-6-10(16)7-5-9/h4-7H,3,8H2,1-2H3. The summed E-state index contributed by atoms with van der Waals surface area (Å²) in [5.74, 6) is -4.54. The molecule has 0 bridgehead atoms. The Labute approximate surface area is 124 Å². The van der Waals surface area contributed by atoms with Gasteiger partial charge in [-0.25, -0.2) is 18.0 Å². The maximum Gasteiger partial charge on any atom is 0.357 e. The molecule has 1 aromatic rings. The minimum Gasteiger partial charge on any atom is -0.461 e. The van der Waals surface area contributed by atoms with Gasteiger partial charge in [0, 0.05) is 6.42 Å². The molecule has 1 fully saturated rings. The Bertz CT molecular complexity index is 659. The molecule has 1 spiro atoms. The van der Waals surface area contributed by atoms with Gasteiger partial charge in [-0.1, -0.05) is 17.3 Å². The van der Waals surface area contributed by atoms with Gasteiger partial charge < -0.3 is 9.57 Å². The average molecular weight is 313 g/mol. The minimum absolute atomic E-state index is 0.0484. The van der Waals surface area contributed by atoms with Crippen molar-refractivity contribution in [1.29, 1.82) is 0 Å². The zero-order valence-electron chi connectivity index (χ0n) is 12.0. The highest BCUT2D eigenvalue weighted by atomic mass is 19.3. The molecule has 0 saturated heterocycles. The smallest absolute Gasteiger partial charge is 0.357 e. The average Bonchev–Trinajstić information content (AvgIpc) is 2.90. The van der Waals surface area contributed by atoms with Crippen LogP contribution in [0.4, 0.5) is 13.2 Å². The van der Waals surface area contributed by atoms with Gasteiger partial charge in [-0.2, -0.15) is 0 Å². The molecule has 0 radical (unpaired) electrons. The summed E-state index contributed by atoms with van der Waals surface area (Å²) in [6, 6.07) is 5.02. The number of esters is 1. The highest BCUT2D eigenvalue weighted by molar-refractivity contribution is 6.40. The van der Waals surface area contributed by atoms with Crippen molar-refractivity contribution in [3.63, 3.8) is 0 Å². The van der Waals surface area contributed by atoms with Crippen LogP contribution < -0.4 is 0 Å². The summed E-state index contributed by atoms with van der Waals surface area (Å²) in [4.78, 5) is 17.2. The fraction of sp³-hybridized carbons (Fsp3) is 0.467. The summed E-state index contributed by atoms with van der Waals surface area (Å²) in [6.45, 7) is 3.05. The Morgan fingerprint density at radius 1 is 1.36 bits per heavy atom. The quantitative estimate of drug-likeness (QED) is 0.806. The fourth-order valence-corrected chi connectivity index (χ4v) is 3.06. The first-order valence-electron chi connectivity index (χ1n) is 6.86. The number of rotatable bonds is 3. The van der Waals surface area contributed by atoms with E-state index in [2.05, 4.69) is 5.16 Å². The van der Waals surface area contributed by atoms with Gasteiger partial charge in [-0.15, -0.1) is 0 Å². The molecule has 1 aromatic carbocycles. The van der Waals surface area contributed by atoms with Gasteiger partial charge in [0.05, 0.1) is 6.61 Å². The largest absolute Gasteiger partial charge is 0.461 e. The Balaban J connectivity index is 2.05. The lowest BCUT2D eigenvalue weighted by atomic mass is 9.77. The van der Waals surface area contributed by atoms with Crippen molar-refractivity contribution in [1.82, 2.24) is 0 Å². The van der Waals surface area contributed by atoms with Crippen molar-refractivity contribution in [3.8, 4) is 0 Å². The lowest BCUT2D eigenvalue weighted by Crippen LogP contribution is -2.42.